The smallest absolute Gasteiger partial charge is 0.143 e. The minimum Gasteiger partial charge on any atom is -0.455 e. The number of furan rings is 1. The lowest BCUT2D eigenvalue weighted by atomic mass is 9.99. The van der Waals surface area contributed by atoms with Crippen LogP contribution in [0.15, 0.2) is 168 Å². The highest BCUT2D eigenvalue weighted by Crippen LogP contribution is 2.44. The molecule has 54 heavy (non-hydrogen) atoms. The van der Waals surface area contributed by atoms with E-state index in [1.54, 1.807) is 0 Å². The molecule has 0 atom stereocenters. The van der Waals surface area contributed by atoms with Gasteiger partial charge in [0.15, 0.2) is 0 Å². The van der Waals surface area contributed by atoms with E-state index in [2.05, 4.69) is 195 Å². The quantitative estimate of drug-likeness (QED) is 0.168. The molecule has 1 aromatic heterocycles. The molecular formula is C50H39NOSi2. The monoisotopic (exact) mass is 725 g/mol. The van der Waals surface area contributed by atoms with Crippen molar-refractivity contribution < 1.29 is 4.42 Å². The van der Waals surface area contributed by atoms with E-state index in [4.69, 9.17) is 4.42 Å². The highest BCUT2D eigenvalue weighted by Gasteiger charge is 2.40. The van der Waals surface area contributed by atoms with Crippen LogP contribution in [0.2, 0.25) is 26.2 Å². The molecule has 0 fully saturated rings. The number of fused-ring (bicyclic) bond motifs is 11. The molecule has 0 aliphatic carbocycles. The van der Waals surface area contributed by atoms with Crippen LogP contribution in [-0.4, -0.2) is 16.1 Å². The Bertz CT molecular complexity index is 3010. The first-order valence-corrected chi connectivity index (χ1v) is 25.0. The van der Waals surface area contributed by atoms with Crippen molar-refractivity contribution in [1.82, 2.24) is 0 Å². The molecule has 0 saturated carbocycles. The molecule has 11 rings (SSSR count). The first-order valence-electron chi connectivity index (χ1n) is 19.0. The Morgan fingerprint density at radius 2 is 1.00 bits per heavy atom. The highest BCUT2D eigenvalue weighted by atomic mass is 28.3. The van der Waals surface area contributed by atoms with Crippen molar-refractivity contribution in [2.45, 2.75) is 26.2 Å². The predicted octanol–water partition coefficient (Wildman–Crippen LogP) is 11.5. The zero-order valence-corrected chi connectivity index (χ0v) is 32.9. The van der Waals surface area contributed by atoms with Crippen LogP contribution in [0.3, 0.4) is 0 Å². The second-order valence-electron chi connectivity index (χ2n) is 16.2. The summed E-state index contributed by atoms with van der Waals surface area (Å²) in [7, 11) is -3.77. The van der Waals surface area contributed by atoms with Gasteiger partial charge in [0, 0.05) is 33.4 Å². The summed E-state index contributed by atoms with van der Waals surface area (Å²) in [5, 5.41) is 10.9. The third-order valence-corrected chi connectivity index (χ3v) is 19.6. The van der Waals surface area contributed by atoms with Gasteiger partial charge in [-0.05, 0) is 108 Å². The second kappa shape index (κ2) is 11.3. The van der Waals surface area contributed by atoms with Crippen molar-refractivity contribution in [3.63, 3.8) is 0 Å². The molecule has 2 aliphatic heterocycles. The maximum absolute atomic E-state index is 6.71. The van der Waals surface area contributed by atoms with Crippen molar-refractivity contribution in [3.05, 3.63) is 164 Å². The molecule has 0 N–H and O–H groups in total. The lowest BCUT2D eigenvalue weighted by Gasteiger charge is -2.28. The van der Waals surface area contributed by atoms with Gasteiger partial charge in [-0.15, -0.1) is 0 Å². The topological polar surface area (TPSA) is 16.4 Å². The number of hydrogen-bond donors (Lipinski definition) is 0. The zero-order chi connectivity index (χ0) is 36.3. The second-order valence-corrected chi connectivity index (χ2v) is 24.8. The lowest BCUT2D eigenvalue weighted by Crippen LogP contribution is -2.49. The summed E-state index contributed by atoms with van der Waals surface area (Å²) in [6, 6.07) is 61.1. The summed E-state index contributed by atoms with van der Waals surface area (Å²) in [5.74, 6) is 0. The summed E-state index contributed by atoms with van der Waals surface area (Å²) in [6.45, 7) is 9.95. The Kier molecular flexibility index (Phi) is 6.60. The predicted molar refractivity (Wildman–Crippen MR) is 236 cm³/mol. The Balaban J connectivity index is 1.11. The highest BCUT2D eigenvalue weighted by molar-refractivity contribution is 7.04. The van der Waals surface area contributed by atoms with Gasteiger partial charge in [-0.1, -0.05) is 141 Å². The summed E-state index contributed by atoms with van der Waals surface area (Å²) >= 11 is 0. The van der Waals surface area contributed by atoms with Gasteiger partial charge in [-0.25, -0.2) is 0 Å². The third-order valence-electron chi connectivity index (χ3n) is 12.5. The molecular weight excluding hydrogens is 687 g/mol. The number of para-hydroxylation sites is 1. The third kappa shape index (κ3) is 4.44. The van der Waals surface area contributed by atoms with E-state index in [1.165, 1.54) is 81.4 Å². The van der Waals surface area contributed by atoms with Crippen LogP contribution in [0.1, 0.15) is 0 Å². The molecule has 0 amide bonds. The van der Waals surface area contributed by atoms with Gasteiger partial charge in [0.05, 0.1) is 0 Å². The molecule has 2 nitrogen and oxygen atoms in total. The van der Waals surface area contributed by atoms with Crippen LogP contribution in [0.5, 0.6) is 0 Å². The zero-order valence-electron chi connectivity index (χ0n) is 30.9. The molecule has 3 heterocycles. The van der Waals surface area contributed by atoms with E-state index >= 15 is 0 Å². The number of benzene rings is 8. The van der Waals surface area contributed by atoms with E-state index in [-0.39, 0.29) is 0 Å². The minimum absolute atomic E-state index is 0.947. The van der Waals surface area contributed by atoms with Gasteiger partial charge in [0.1, 0.15) is 27.3 Å². The molecule has 0 unspecified atom stereocenters. The van der Waals surface area contributed by atoms with Crippen molar-refractivity contribution in [3.8, 4) is 33.4 Å². The maximum Gasteiger partial charge on any atom is 0.143 e. The van der Waals surface area contributed by atoms with Gasteiger partial charge in [-0.2, -0.15) is 0 Å². The molecule has 0 radical (unpaired) electrons. The number of hydrogen-bond acceptors (Lipinski definition) is 2. The van der Waals surface area contributed by atoms with Crippen molar-refractivity contribution in [2.75, 3.05) is 4.90 Å². The molecule has 0 bridgehead atoms. The van der Waals surface area contributed by atoms with Crippen molar-refractivity contribution in [2.24, 2.45) is 0 Å². The molecule has 0 saturated heterocycles. The summed E-state index contributed by atoms with van der Waals surface area (Å²) in [4.78, 5) is 2.46. The van der Waals surface area contributed by atoms with Gasteiger partial charge >= 0.3 is 0 Å². The van der Waals surface area contributed by atoms with E-state index in [0.717, 1.165) is 22.5 Å². The first-order chi connectivity index (χ1) is 26.3. The molecule has 8 aromatic carbocycles. The Morgan fingerprint density at radius 1 is 0.407 bits per heavy atom. The largest absolute Gasteiger partial charge is 0.455 e. The van der Waals surface area contributed by atoms with Crippen LogP contribution in [0.25, 0.3) is 66.1 Å². The van der Waals surface area contributed by atoms with Gasteiger partial charge in [0.25, 0.3) is 0 Å². The fourth-order valence-corrected chi connectivity index (χ4v) is 15.7. The van der Waals surface area contributed by atoms with Gasteiger partial charge in [-0.3, -0.25) is 0 Å². The number of nitrogens with zero attached hydrogens (tertiary/aromatic N) is 1. The Hall–Kier alpha value is -5.95. The van der Waals surface area contributed by atoms with E-state index < -0.39 is 16.1 Å². The number of rotatable bonds is 4. The van der Waals surface area contributed by atoms with Crippen LogP contribution in [0, 0.1) is 0 Å². The van der Waals surface area contributed by atoms with E-state index in [1.807, 2.05) is 0 Å². The average molecular weight is 726 g/mol. The summed E-state index contributed by atoms with van der Waals surface area (Å²) in [6.07, 6.45) is 0. The van der Waals surface area contributed by atoms with Gasteiger partial charge < -0.3 is 9.32 Å². The van der Waals surface area contributed by atoms with Crippen LogP contribution < -0.4 is 25.6 Å². The Morgan fingerprint density at radius 3 is 1.81 bits per heavy atom. The molecule has 9 aromatic rings. The summed E-state index contributed by atoms with van der Waals surface area (Å²) < 4.78 is 6.71. The Labute approximate surface area is 318 Å². The van der Waals surface area contributed by atoms with Crippen LogP contribution >= 0.6 is 0 Å². The van der Waals surface area contributed by atoms with Crippen molar-refractivity contribution in [1.29, 1.82) is 0 Å². The lowest BCUT2D eigenvalue weighted by molar-refractivity contribution is 0.670. The van der Waals surface area contributed by atoms with E-state index in [9.17, 15) is 0 Å². The standard InChI is InChI=1S/C50H39NOSi2/c1-53(2)45-16-10-8-14-40(45)42-30-37(23-26-46(42)53)51(36-21-19-33(20-22-36)35-18-17-32-11-5-6-12-34(32)29-35)38-24-27-47-43(31-38)49-48(54(47,3)4)28-25-41-39-13-7-9-15-44(39)52-50(41)49/h5-31H,1-4H3. The maximum atomic E-state index is 6.71. The first kappa shape index (κ1) is 31.6. The molecule has 2 aliphatic rings. The fraction of sp³-hybridized carbons (Fsp3) is 0.0800. The van der Waals surface area contributed by atoms with Crippen LogP contribution in [-0.2, 0) is 0 Å². The number of anilines is 3. The normalized spacial score (nSPS) is 14.6. The van der Waals surface area contributed by atoms with Crippen molar-refractivity contribution >= 4 is 86.7 Å². The van der Waals surface area contributed by atoms with E-state index in [0.29, 0.717) is 0 Å². The minimum atomic E-state index is -1.97. The fourth-order valence-electron chi connectivity index (χ4n) is 9.61. The van der Waals surface area contributed by atoms with Crippen LogP contribution in [0.4, 0.5) is 17.1 Å². The molecule has 4 heteroatoms. The molecule has 0 spiro atoms. The SMILES string of the molecule is C[Si]1(C)c2ccccc2-c2cc(N(c3ccc(-c4ccc5ccccc5c4)cc3)c3ccc4c(c3)-c3c(ccc5c3oc3ccccc35)[Si]4(C)C)ccc21. The van der Waals surface area contributed by atoms with Gasteiger partial charge in [0.2, 0.25) is 0 Å². The molecule has 258 valence electrons. The summed E-state index contributed by atoms with van der Waals surface area (Å²) in [5.41, 5.74) is 13.2. The average Bonchev–Trinajstić information content (AvgIpc) is 3.77.